The minimum Gasteiger partial charge on any atom is -0.481 e. The highest BCUT2D eigenvalue weighted by Crippen LogP contribution is 2.36. The van der Waals surface area contributed by atoms with Crippen molar-refractivity contribution in [1.29, 1.82) is 0 Å². The highest BCUT2D eigenvalue weighted by Gasteiger charge is 2.40. The number of carboxylic acid groups (broad SMARTS) is 1. The Morgan fingerprint density at radius 1 is 0.960 bits per heavy atom. The molecule has 0 aromatic heterocycles. The van der Waals surface area contributed by atoms with Crippen LogP contribution in [0.2, 0.25) is 0 Å². The lowest BCUT2D eigenvalue weighted by molar-refractivity contribution is -0.137. The molecule has 1 aliphatic carbocycles. The van der Waals surface area contributed by atoms with Crippen molar-refractivity contribution in [2.75, 3.05) is 0 Å². The average molecular weight is 354 g/mol. The van der Waals surface area contributed by atoms with Crippen LogP contribution in [-0.4, -0.2) is 33.9 Å². The molecular weight excluding hydrogens is 320 g/mol. The summed E-state index contributed by atoms with van der Waals surface area (Å²) in [5.41, 5.74) is 0. The van der Waals surface area contributed by atoms with Crippen LogP contribution in [0.5, 0.6) is 0 Å². The van der Waals surface area contributed by atoms with E-state index in [0.29, 0.717) is 25.7 Å². The van der Waals surface area contributed by atoms with E-state index in [1.165, 1.54) is 0 Å². The van der Waals surface area contributed by atoms with Gasteiger partial charge in [0.25, 0.3) is 0 Å². The van der Waals surface area contributed by atoms with Crippen LogP contribution in [0, 0.1) is 11.8 Å². The molecule has 0 unspecified atom stereocenters. The molecule has 25 heavy (non-hydrogen) atoms. The van der Waals surface area contributed by atoms with E-state index in [2.05, 4.69) is 6.92 Å². The lowest BCUT2D eigenvalue weighted by Crippen LogP contribution is -2.21. The molecular formula is C20H34O5. The molecule has 144 valence electrons. The fourth-order valence-corrected chi connectivity index (χ4v) is 3.81. The van der Waals surface area contributed by atoms with Crippen LogP contribution in [0.25, 0.3) is 0 Å². The van der Waals surface area contributed by atoms with Gasteiger partial charge in [-0.3, -0.25) is 14.4 Å². The van der Waals surface area contributed by atoms with Gasteiger partial charge < -0.3 is 10.2 Å². The summed E-state index contributed by atoms with van der Waals surface area (Å²) >= 11 is 0. The zero-order chi connectivity index (χ0) is 18.7. The second-order valence-corrected chi connectivity index (χ2v) is 7.39. The number of carbonyl (C=O) groups excluding carboxylic acids is 2. The highest BCUT2D eigenvalue weighted by atomic mass is 16.4. The van der Waals surface area contributed by atoms with Crippen LogP contribution in [0.1, 0.15) is 90.4 Å². The molecule has 5 heteroatoms. The normalized spacial score (nSPS) is 23.1. The third-order valence-corrected chi connectivity index (χ3v) is 5.31. The Labute approximate surface area is 151 Å². The number of ketones is 2. The van der Waals surface area contributed by atoms with Gasteiger partial charge in [0.05, 0.1) is 6.10 Å². The first-order chi connectivity index (χ1) is 12.0. The lowest BCUT2D eigenvalue weighted by atomic mass is 9.85. The number of carboxylic acids is 1. The van der Waals surface area contributed by atoms with E-state index >= 15 is 0 Å². The fourth-order valence-electron chi connectivity index (χ4n) is 3.81. The van der Waals surface area contributed by atoms with Crippen LogP contribution >= 0.6 is 0 Å². The molecule has 0 spiro atoms. The van der Waals surface area contributed by atoms with Crippen LogP contribution in [0.15, 0.2) is 0 Å². The largest absolute Gasteiger partial charge is 0.481 e. The van der Waals surface area contributed by atoms with Gasteiger partial charge >= 0.3 is 5.97 Å². The Kier molecular flexibility index (Phi) is 10.6. The summed E-state index contributed by atoms with van der Waals surface area (Å²) in [7, 11) is 0. The first-order valence-electron chi connectivity index (χ1n) is 9.90. The summed E-state index contributed by atoms with van der Waals surface area (Å²) in [4.78, 5) is 34.6. The zero-order valence-corrected chi connectivity index (χ0v) is 15.5. The average Bonchev–Trinajstić information content (AvgIpc) is 2.82. The predicted octanol–water partition coefficient (Wildman–Crippen LogP) is 3.91. The molecule has 1 fully saturated rings. The number of aliphatic carboxylic acids is 1. The third-order valence-electron chi connectivity index (χ3n) is 5.31. The summed E-state index contributed by atoms with van der Waals surface area (Å²) in [6.07, 6.45) is 8.71. The van der Waals surface area contributed by atoms with E-state index in [0.717, 1.165) is 44.9 Å². The first kappa shape index (κ1) is 21.8. The number of unbranched alkanes of at least 4 members (excludes halogenated alkanes) is 5. The minimum atomic E-state index is -0.763. The standard InChI is InChI=1S/C20H34O5/c1-2-3-6-9-15(21)12-13-17-16(18(22)14-19(17)23)10-7-4-5-8-11-20(24)25/h16-18,22H,2-14H2,1H3,(H,24,25)/t16-,17-,18-/m1/s1. The maximum absolute atomic E-state index is 12.1. The Bertz CT molecular complexity index is 432. The number of aliphatic hydroxyl groups excluding tert-OH is 1. The van der Waals surface area contributed by atoms with Gasteiger partial charge in [-0.05, 0) is 31.6 Å². The van der Waals surface area contributed by atoms with Gasteiger partial charge in [-0.1, -0.05) is 39.0 Å². The molecule has 0 aliphatic heterocycles. The molecule has 0 radical (unpaired) electrons. The van der Waals surface area contributed by atoms with E-state index in [4.69, 9.17) is 5.11 Å². The summed E-state index contributed by atoms with van der Waals surface area (Å²) in [5.74, 6) is -0.639. The van der Waals surface area contributed by atoms with Gasteiger partial charge in [0.2, 0.25) is 0 Å². The Morgan fingerprint density at radius 2 is 1.64 bits per heavy atom. The van der Waals surface area contributed by atoms with Crippen molar-refractivity contribution >= 4 is 17.5 Å². The number of rotatable bonds is 14. The Balaban J connectivity index is 2.31. The van der Waals surface area contributed by atoms with Gasteiger partial charge in [0.1, 0.15) is 11.6 Å². The second kappa shape index (κ2) is 12.2. The van der Waals surface area contributed by atoms with Crippen molar-refractivity contribution in [3.8, 4) is 0 Å². The molecule has 5 nitrogen and oxygen atoms in total. The molecule has 1 rings (SSSR count). The molecule has 0 heterocycles. The van der Waals surface area contributed by atoms with Gasteiger partial charge in [-0.25, -0.2) is 0 Å². The summed E-state index contributed by atoms with van der Waals surface area (Å²) in [6, 6.07) is 0. The number of aliphatic hydroxyl groups is 1. The molecule has 0 aromatic rings. The molecule has 1 saturated carbocycles. The molecule has 2 N–H and O–H groups in total. The molecule has 0 saturated heterocycles. The van der Waals surface area contributed by atoms with Crippen molar-refractivity contribution < 1.29 is 24.6 Å². The van der Waals surface area contributed by atoms with Gasteiger partial charge in [-0.15, -0.1) is 0 Å². The van der Waals surface area contributed by atoms with Gasteiger partial charge in [-0.2, -0.15) is 0 Å². The smallest absolute Gasteiger partial charge is 0.303 e. The highest BCUT2D eigenvalue weighted by molar-refractivity contribution is 5.85. The zero-order valence-electron chi connectivity index (χ0n) is 15.5. The van der Waals surface area contributed by atoms with Gasteiger partial charge in [0.15, 0.2) is 0 Å². The van der Waals surface area contributed by atoms with Crippen LogP contribution < -0.4 is 0 Å². The molecule has 0 amide bonds. The molecule has 3 atom stereocenters. The molecule has 0 bridgehead atoms. The van der Waals surface area contributed by atoms with Crippen molar-refractivity contribution in [2.24, 2.45) is 11.8 Å². The Hall–Kier alpha value is -1.23. The lowest BCUT2D eigenvalue weighted by Gasteiger charge is -2.20. The SMILES string of the molecule is CCCCCC(=O)CC[C@H]1C(=O)C[C@@H](O)[C@@H]1CCCCCCC(=O)O. The summed E-state index contributed by atoms with van der Waals surface area (Å²) in [6.45, 7) is 2.11. The van der Waals surface area contributed by atoms with E-state index in [1.807, 2.05) is 0 Å². The first-order valence-corrected chi connectivity index (χ1v) is 9.90. The monoisotopic (exact) mass is 354 g/mol. The predicted molar refractivity (Wildman–Crippen MR) is 96.3 cm³/mol. The van der Waals surface area contributed by atoms with Crippen LogP contribution in [0.4, 0.5) is 0 Å². The summed E-state index contributed by atoms with van der Waals surface area (Å²) in [5, 5.41) is 18.8. The maximum atomic E-state index is 12.1. The van der Waals surface area contributed by atoms with E-state index < -0.39 is 12.1 Å². The van der Waals surface area contributed by atoms with Crippen LogP contribution in [-0.2, 0) is 14.4 Å². The molecule has 1 aliphatic rings. The third kappa shape index (κ3) is 8.61. The van der Waals surface area contributed by atoms with Crippen molar-refractivity contribution in [3.05, 3.63) is 0 Å². The fraction of sp³-hybridized carbons (Fsp3) is 0.850. The summed E-state index contributed by atoms with van der Waals surface area (Å²) < 4.78 is 0. The van der Waals surface area contributed by atoms with Crippen LogP contribution in [0.3, 0.4) is 0 Å². The number of hydrogen-bond acceptors (Lipinski definition) is 4. The number of hydrogen-bond donors (Lipinski definition) is 2. The minimum absolute atomic E-state index is 0.0320. The number of carbonyl (C=O) groups is 3. The Morgan fingerprint density at radius 3 is 2.32 bits per heavy atom. The van der Waals surface area contributed by atoms with Gasteiger partial charge in [0, 0.05) is 31.6 Å². The van der Waals surface area contributed by atoms with Crippen molar-refractivity contribution in [2.45, 2.75) is 96.5 Å². The quantitative estimate of drug-likeness (QED) is 0.462. The topological polar surface area (TPSA) is 91.7 Å². The van der Waals surface area contributed by atoms with E-state index in [9.17, 15) is 19.5 Å². The van der Waals surface area contributed by atoms with Crippen molar-refractivity contribution in [1.82, 2.24) is 0 Å². The van der Waals surface area contributed by atoms with E-state index in [1.54, 1.807) is 0 Å². The number of Topliss-reactive ketones (excluding diaryl/α,β-unsaturated/α-hetero) is 2. The second-order valence-electron chi connectivity index (χ2n) is 7.39. The molecule has 0 aromatic carbocycles. The maximum Gasteiger partial charge on any atom is 0.303 e. The van der Waals surface area contributed by atoms with E-state index in [-0.39, 0.29) is 36.2 Å². The van der Waals surface area contributed by atoms with Crippen molar-refractivity contribution in [3.63, 3.8) is 0 Å².